The first-order valence-electron chi connectivity index (χ1n) is 14.4. The maximum Gasteiger partial charge on any atom is 0.162 e. The van der Waals surface area contributed by atoms with Gasteiger partial charge in [0, 0.05) is 24.1 Å². The molecule has 0 saturated heterocycles. The molecule has 43 heavy (non-hydrogen) atoms. The van der Waals surface area contributed by atoms with Gasteiger partial charge in [-0.25, -0.2) is 0 Å². The van der Waals surface area contributed by atoms with Gasteiger partial charge in [-0.1, -0.05) is 97.1 Å². The first-order chi connectivity index (χ1) is 21.2. The van der Waals surface area contributed by atoms with E-state index in [1.165, 1.54) is 0 Å². The summed E-state index contributed by atoms with van der Waals surface area (Å²) in [7, 11) is 1.61. The molecule has 218 valence electrons. The van der Waals surface area contributed by atoms with E-state index in [1.807, 2.05) is 121 Å². The first kappa shape index (κ1) is 28.2. The summed E-state index contributed by atoms with van der Waals surface area (Å²) >= 11 is 0. The Morgan fingerprint density at radius 1 is 0.628 bits per heavy atom. The van der Waals surface area contributed by atoms with E-state index in [0.717, 1.165) is 27.8 Å². The van der Waals surface area contributed by atoms with Crippen molar-refractivity contribution in [3.63, 3.8) is 0 Å². The zero-order valence-electron chi connectivity index (χ0n) is 24.0. The van der Waals surface area contributed by atoms with Crippen LogP contribution in [-0.4, -0.2) is 18.3 Å². The van der Waals surface area contributed by atoms with E-state index in [9.17, 15) is 5.11 Å². The summed E-state index contributed by atoms with van der Waals surface area (Å²) in [4.78, 5) is 0. The highest BCUT2D eigenvalue weighted by Crippen LogP contribution is 2.44. The molecule has 1 aliphatic rings. The Morgan fingerprint density at radius 2 is 1.19 bits per heavy atom. The van der Waals surface area contributed by atoms with Crippen molar-refractivity contribution in [1.29, 1.82) is 0 Å². The second-order valence-electron chi connectivity index (χ2n) is 10.4. The molecule has 0 saturated carbocycles. The van der Waals surface area contributed by atoms with Crippen molar-refractivity contribution < 1.29 is 28.8 Å². The van der Waals surface area contributed by atoms with Crippen LogP contribution in [0, 0.1) is 0 Å². The Morgan fingerprint density at radius 3 is 1.77 bits per heavy atom. The molecule has 6 rings (SSSR count). The number of benzene rings is 5. The van der Waals surface area contributed by atoms with E-state index >= 15 is 0 Å². The van der Waals surface area contributed by atoms with Gasteiger partial charge in [-0.05, 0) is 34.4 Å². The van der Waals surface area contributed by atoms with Crippen molar-refractivity contribution in [1.82, 2.24) is 0 Å². The maximum absolute atomic E-state index is 11.3. The zero-order valence-corrected chi connectivity index (χ0v) is 24.0. The molecule has 1 aliphatic heterocycles. The molecular weight excluding hydrogens is 540 g/mol. The Balaban J connectivity index is 1.27. The van der Waals surface area contributed by atoms with E-state index < -0.39 is 12.2 Å². The lowest BCUT2D eigenvalue weighted by Crippen LogP contribution is -2.30. The van der Waals surface area contributed by atoms with E-state index in [4.69, 9.17) is 23.7 Å². The number of aliphatic hydroxyl groups is 1. The van der Waals surface area contributed by atoms with Crippen molar-refractivity contribution in [2.45, 2.75) is 38.4 Å². The van der Waals surface area contributed by atoms with Crippen molar-refractivity contribution in [3.8, 4) is 28.7 Å². The molecular formula is C37H34O6. The lowest BCUT2D eigenvalue weighted by atomic mass is 9.93. The summed E-state index contributed by atoms with van der Waals surface area (Å²) in [5.41, 5.74) is 4.74. The Kier molecular flexibility index (Phi) is 8.76. The highest BCUT2D eigenvalue weighted by Gasteiger charge is 2.33. The largest absolute Gasteiger partial charge is 0.493 e. The van der Waals surface area contributed by atoms with Crippen LogP contribution >= 0.6 is 0 Å². The van der Waals surface area contributed by atoms with Crippen molar-refractivity contribution >= 4 is 0 Å². The lowest BCUT2D eigenvalue weighted by molar-refractivity contribution is 0.0192. The van der Waals surface area contributed by atoms with Crippen LogP contribution in [0.4, 0.5) is 0 Å². The average molecular weight is 575 g/mol. The van der Waals surface area contributed by atoms with Gasteiger partial charge in [0.05, 0.1) is 13.2 Å². The minimum Gasteiger partial charge on any atom is -0.493 e. The van der Waals surface area contributed by atoms with Crippen LogP contribution in [0.3, 0.4) is 0 Å². The second kappa shape index (κ2) is 13.4. The van der Waals surface area contributed by atoms with Gasteiger partial charge >= 0.3 is 0 Å². The van der Waals surface area contributed by atoms with Crippen LogP contribution < -0.4 is 23.7 Å². The second-order valence-corrected chi connectivity index (χ2v) is 10.4. The van der Waals surface area contributed by atoms with E-state index in [1.54, 1.807) is 7.11 Å². The number of methoxy groups -OCH3 is 1. The van der Waals surface area contributed by atoms with E-state index in [-0.39, 0.29) is 0 Å². The molecule has 6 heteroatoms. The van der Waals surface area contributed by atoms with Gasteiger partial charge in [-0.2, -0.15) is 0 Å². The molecule has 0 aromatic heterocycles. The van der Waals surface area contributed by atoms with Crippen molar-refractivity contribution in [2.75, 3.05) is 7.11 Å². The van der Waals surface area contributed by atoms with Crippen molar-refractivity contribution in [3.05, 3.63) is 149 Å². The molecule has 0 bridgehead atoms. The molecule has 5 aromatic carbocycles. The Bertz CT molecular complexity index is 1620. The highest BCUT2D eigenvalue weighted by molar-refractivity contribution is 5.53. The SMILES string of the molecule is COc1ccc([C@H]2Oc3cc(OCc4ccccc4)cc(OCc4ccccc4)c3C[C@H]2O)cc1OCc1ccccc1. The van der Waals surface area contributed by atoms with Gasteiger partial charge in [0.2, 0.25) is 0 Å². The third-order valence-corrected chi connectivity index (χ3v) is 7.40. The third kappa shape index (κ3) is 6.93. The molecule has 1 heterocycles. The minimum atomic E-state index is -0.807. The van der Waals surface area contributed by atoms with E-state index in [2.05, 4.69) is 0 Å². The summed E-state index contributed by atoms with van der Waals surface area (Å²) in [6.07, 6.45) is -1.07. The number of fused-ring (bicyclic) bond motifs is 1. The Hall–Kier alpha value is -4.94. The molecule has 5 aromatic rings. The number of rotatable bonds is 11. The average Bonchev–Trinajstić information content (AvgIpc) is 3.06. The normalized spacial score (nSPS) is 15.6. The van der Waals surface area contributed by atoms with Crippen LogP contribution in [0.2, 0.25) is 0 Å². The minimum absolute atomic E-state index is 0.356. The molecule has 0 radical (unpaired) electrons. The summed E-state index contributed by atoms with van der Waals surface area (Å²) in [5, 5.41) is 11.3. The molecule has 0 aliphatic carbocycles. The molecule has 0 amide bonds. The fraction of sp³-hybridized carbons (Fsp3) is 0.189. The fourth-order valence-electron chi connectivity index (χ4n) is 5.13. The van der Waals surface area contributed by atoms with Crippen LogP contribution in [0.15, 0.2) is 121 Å². The summed E-state index contributed by atoms with van der Waals surface area (Å²) in [5.74, 6) is 3.06. The van der Waals surface area contributed by atoms with Gasteiger partial charge < -0.3 is 28.8 Å². The van der Waals surface area contributed by atoms with E-state index in [0.29, 0.717) is 55.0 Å². The maximum atomic E-state index is 11.3. The molecule has 2 atom stereocenters. The summed E-state index contributed by atoms with van der Waals surface area (Å²) in [6, 6.07) is 39.3. The number of ether oxygens (including phenoxy) is 5. The number of hydrogen-bond acceptors (Lipinski definition) is 6. The quantitative estimate of drug-likeness (QED) is 0.177. The van der Waals surface area contributed by atoms with Crippen LogP contribution in [0.25, 0.3) is 0 Å². The zero-order chi connectivity index (χ0) is 29.4. The van der Waals surface area contributed by atoms with Gasteiger partial charge in [-0.3, -0.25) is 0 Å². The summed E-state index contributed by atoms with van der Waals surface area (Å²) < 4.78 is 30.7. The van der Waals surface area contributed by atoms with Gasteiger partial charge in [-0.15, -0.1) is 0 Å². The molecule has 0 spiro atoms. The topological polar surface area (TPSA) is 66.4 Å². The van der Waals surface area contributed by atoms with Crippen LogP contribution in [-0.2, 0) is 26.2 Å². The standard InChI is InChI=1S/C37H34O6/c1-39-33-18-17-29(19-36(33)42-25-28-15-9-4-10-16-28)37-32(38)22-31-34(41-24-27-13-7-3-8-14-27)20-30(21-35(31)43-37)40-23-26-11-5-2-6-12-26/h2-21,32,37-38H,22-25H2,1H3/t32-,37-/m1/s1. The third-order valence-electron chi connectivity index (χ3n) is 7.40. The van der Waals surface area contributed by atoms with Gasteiger partial charge in [0.1, 0.15) is 43.2 Å². The van der Waals surface area contributed by atoms with Gasteiger partial charge in [0.15, 0.2) is 11.5 Å². The number of aliphatic hydroxyl groups excluding tert-OH is 1. The van der Waals surface area contributed by atoms with Crippen molar-refractivity contribution in [2.24, 2.45) is 0 Å². The monoisotopic (exact) mass is 574 g/mol. The Labute approximate surface area is 252 Å². The highest BCUT2D eigenvalue weighted by atomic mass is 16.5. The van der Waals surface area contributed by atoms with Crippen LogP contribution in [0.1, 0.15) is 33.9 Å². The predicted molar refractivity (Wildman–Crippen MR) is 165 cm³/mol. The molecule has 1 N–H and O–H groups in total. The van der Waals surface area contributed by atoms with Gasteiger partial charge in [0.25, 0.3) is 0 Å². The number of hydrogen-bond donors (Lipinski definition) is 1. The lowest BCUT2D eigenvalue weighted by Gasteiger charge is -2.32. The predicted octanol–water partition coefficient (Wildman–Crippen LogP) is 7.47. The molecule has 6 nitrogen and oxygen atoms in total. The first-order valence-corrected chi connectivity index (χ1v) is 14.4. The molecule has 0 unspecified atom stereocenters. The summed E-state index contributed by atoms with van der Waals surface area (Å²) in [6.45, 7) is 1.18. The smallest absolute Gasteiger partial charge is 0.162 e. The molecule has 0 fully saturated rings. The fourth-order valence-corrected chi connectivity index (χ4v) is 5.13. The van der Waals surface area contributed by atoms with Crippen LogP contribution in [0.5, 0.6) is 28.7 Å².